The summed E-state index contributed by atoms with van der Waals surface area (Å²) in [7, 11) is 0. The minimum Gasteiger partial charge on any atom is -0.481 e. The number of aliphatic hydroxyl groups excluding tert-OH is 1. The molecule has 1 aliphatic carbocycles. The Hall–Kier alpha value is -2.84. The molecule has 2 aliphatic rings. The Kier molecular flexibility index (Phi) is 8.24. The molecule has 0 aromatic heterocycles. The minimum absolute atomic E-state index is 0.00316. The number of carboxylic acids is 1. The number of fused-ring (bicyclic) bond motifs is 1. The van der Waals surface area contributed by atoms with Gasteiger partial charge in [0.2, 0.25) is 0 Å². The molecular formula is C26H31N3O4S. The van der Waals surface area contributed by atoms with Crippen LogP contribution in [0.1, 0.15) is 52.2 Å². The molecule has 7 nitrogen and oxygen atoms in total. The second-order valence-corrected chi connectivity index (χ2v) is 10.0. The fourth-order valence-corrected chi connectivity index (χ4v) is 5.67. The van der Waals surface area contributed by atoms with E-state index >= 15 is 0 Å². The van der Waals surface area contributed by atoms with Crippen molar-refractivity contribution in [1.82, 2.24) is 5.01 Å². The van der Waals surface area contributed by atoms with E-state index in [1.807, 2.05) is 48.3 Å². The lowest BCUT2D eigenvalue weighted by Gasteiger charge is -2.33. The Labute approximate surface area is 204 Å². The number of aliphatic carboxylic acids is 1. The molecule has 1 aliphatic heterocycles. The first kappa shape index (κ1) is 24.3. The second kappa shape index (κ2) is 11.5. The van der Waals surface area contributed by atoms with Crippen molar-refractivity contribution >= 4 is 35.5 Å². The van der Waals surface area contributed by atoms with E-state index in [1.54, 1.807) is 12.1 Å². The molecule has 34 heavy (non-hydrogen) atoms. The highest BCUT2D eigenvalue weighted by atomic mass is 32.2. The molecule has 1 heterocycles. The number of hydrazone groups is 1. The number of hydrogen-bond donors (Lipinski definition) is 3. The van der Waals surface area contributed by atoms with Crippen LogP contribution < -0.4 is 5.32 Å². The molecule has 8 heteroatoms. The Balaban J connectivity index is 1.43. The average Bonchev–Trinajstić information content (AvgIpc) is 2.85. The molecule has 1 saturated heterocycles. The number of aryl methyl sites for hydroxylation is 1. The lowest BCUT2D eigenvalue weighted by Crippen LogP contribution is -2.27. The maximum Gasteiger partial charge on any atom is 0.303 e. The van der Waals surface area contributed by atoms with Gasteiger partial charge in [-0.3, -0.25) is 14.6 Å². The van der Waals surface area contributed by atoms with E-state index in [4.69, 9.17) is 0 Å². The number of hydrogen-bond acceptors (Lipinski definition) is 6. The van der Waals surface area contributed by atoms with Crippen molar-refractivity contribution in [3.63, 3.8) is 0 Å². The molecule has 2 atom stereocenters. The Morgan fingerprint density at radius 1 is 1.15 bits per heavy atom. The molecule has 3 N–H and O–H groups in total. The lowest BCUT2D eigenvalue weighted by molar-refractivity contribution is -0.138. The number of nitrogens with zero attached hydrogens (tertiary/aromatic N) is 2. The number of nitrogens with one attached hydrogen (secondary N) is 1. The summed E-state index contributed by atoms with van der Waals surface area (Å²) in [5.41, 5.74) is 4.37. The van der Waals surface area contributed by atoms with Gasteiger partial charge in [0.05, 0.1) is 6.21 Å². The molecule has 180 valence electrons. The largest absolute Gasteiger partial charge is 0.481 e. The van der Waals surface area contributed by atoms with Crippen molar-refractivity contribution in [2.45, 2.75) is 31.6 Å². The summed E-state index contributed by atoms with van der Waals surface area (Å²) in [5, 5.41) is 28.4. The monoisotopic (exact) mass is 481 g/mol. The number of benzene rings is 2. The van der Waals surface area contributed by atoms with Crippen LogP contribution in [0.4, 0.5) is 5.69 Å². The van der Waals surface area contributed by atoms with E-state index in [2.05, 4.69) is 15.4 Å². The van der Waals surface area contributed by atoms with Crippen LogP contribution in [0.5, 0.6) is 0 Å². The first-order valence-electron chi connectivity index (χ1n) is 11.8. The van der Waals surface area contributed by atoms with Crippen LogP contribution in [0.2, 0.25) is 0 Å². The Bertz CT molecular complexity index is 1030. The third-order valence-corrected chi connectivity index (χ3v) is 7.51. The van der Waals surface area contributed by atoms with Crippen molar-refractivity contribution in [3.05, 3.63) is 64.7 Å². The summed E-state index contributed by atoms with van der Waals surface area (Å²) in [6.07, 6.45) is 4.04. The third-order valence-electron chi connectivity index (χ3n) is 6.56. The number of aliphatic hydroxyl groups is 1. The van der Waals surface area contributed by atoms with Gasteiger partial charge in [-0.2, -0.15) is 16.9 Å². The SMILES string of the molecule is O=C(O)CC1CCc2ccc(NC(=O)c3ccc(C=NN4CCSCC4)cc3)cc2C1CCO. The topological polar surface area (TPSA) is 102 Å². The molecule has 1 amide bonds. The number of rotatable bonds is 8. The molecule has 2 unspecified atom stereocenters. The first-order chi connectivity index (χ1) is 16.5. The van der Waals surface area contributed by atoms with Gasteiger partial charge in [0, 0.05) is 48.9 Å². The smallest absolute Gasteiger partial charge is 0.303 e. The molecule has 0 bridgehead atoms. The van der Waals surface area contributed by atoms with Gasteiger partial charge in [0.1, 0.15) is 0 Å². The number of carbonyl (C=O) groups excluding carboxylic acids is 1. The van der Waals surface area contributed by atoms with E-state index in [-0.39, 0.29) is 30.8 Å². The summed E-state index contributed by atoms with van der Waals surface area (Å²) in [5.74, 6) is 1.14. The summed E-state index contributed by atoms with van der Waals surface area (Å²) < 4.78 is 0. The second-order valence-electron chi connectivity index (χ2n) is 8.82. The Morgan fingerprint density at radius 2 is 1.91 bits per heavy atom. The van der Waals surface area contributed by atoms with E-state index in [9.17, 15) is 19.8 Å². The van der Waals surface area contributed by atoms with Crippen LogP contribution in [-0.4, -0.2) is 64.5 Å². The van der Waals surface area contributed by atoms with E-state index in [1.165, 1.54) is 0 Å². The number of anilines is 1. The quantitative estimate of drug-likeness (QED) is 0.496. The lowest BCUT2D eigenvalue weighted by atomic mass is 9.72. The highest BCUT2D eigenvalue weighted by molar-refractivity contribution is 7.99. The molecule has 1 fully saturated rings. The molecule has 4 rings (SSSR count). The van der Waals surface area contributed by atoms with Crippen molar-refractivity contribution in [2.75, 3.05) is 36.5 Å². The van der Waals surface area contributed by atoms with Gasteiger partial charge >= 0.3 is 5.97 Å². The molecular weight excluding hydrogens is 450 g/mol. The number of carbonyl (C=O) groups is 2. The first-order valence-corrected chi connectivity index (χ1v) is 12.9. The fraction of sp³-hybridized carbons (Fsp3) is 0.423. The van der Waals surface area contributed by atoms with Crippen LogP contribution in [0, 0.1) is 5.92 Å². The van der Waals surface area contributed by atoms with Crippen LogP contribution in [0.25, 0.3) is 0 Å². The normalized spacial score (nSPS) is 20.2. The number of carboxylic acid groups (broad SMARTS) is 1. The van der Waals surface area contributed by atoms with E-state index < -0.39 is 5.97 Å². The predicted octanol–water partition coefficient (Wildman–Crippen LogP) is 3.82. The van der Waals surface area contributed by atoms with Crippen molar-refractivity contribution in [2.24, 2.45) is 11.0 Å². The highest BCUT2D eigenvalue weighted by Gasteiger charge is 2.31. The van der Waals surface area contributed by atoms with Gasteiger partial charge in [-0.25, -0.2) is 0 Å². The standard InChI is InChI=1S/C26H31N3O4S/c30-12-9-23-21(15-25(31)32)6-5-19-7-8-22(16-24(19)23)28-26(33)20-3-1-18(2-4-20)17-27-29-10-13-34-14-11-29/h1-4,7-8,16-17,21,23,30H,5-6,9-15H2,(H,28,33)(H,31,32). The zero-order chi connectivity index (χ0) is 23.9. The number of amides is 1. The number of thioether (sulfide) groups is 1. The maximum atomic E-state index is 12.8. The average molecular weight is 482 g/mol. The highest BCUT2D eigenvalue weighted by Crippen LogP contribution is 2.41. The van der Waals surface area contributed by atoms with Gasteiger partial charge in [-0.15, -0.1) is 0 Å². The molecule has 0 radical (unpaired) electrons. The van der Waals surface area contributed by atoms with Gasteiger partial charge in [0.15, 0.2) is 0 Å². The van der Waals surface area contributed by atoms with Crippen LogP contribution in [0.3, 0.4) is 0 Å². The fourth-order valence-electron chi connectivity index (χ4n) is 4.78. The van der Waals surface area contributed by atoms with Crippen molar-refractivity contribution in [3.8, 4) is 0 Å². The summed E-state index contributed by atoms with van der Waals surface area (Å²) in [4.78, 5) is 24.2. The van der Waals surface area contributed by atoms with E-state index in [0.29, 0.717) is 17.7 Å². The molecule has 0 spiro atoms. The van der Waals surface area contributed by atoms with Crippen molar-refractivity contribution < 1.29 is 19.8 Å². The van der Waals surface area contributed by atoms with Gasteiger partial charge in [-0.05, 0) is 72.1 Å². The van der Waals surface area contributed by atoms with Gasteiger partial charge in [-0.1, -0.05) is 18.2 Å². The minimum atomic E-state index is -0.815. The summed E-state index contributed by atoms with van der Waals surface area (Å²) >= 11 is 1.94. The zero-order valence-corrected chi connectivity index (χ0v) is 20.0. The van der Waals surface area contributed by atoms with Crippen molar-refractivity contribution in [1.29, 1.82) is 0 Å². The van der Waals surface area contributed by atoms with Gasteiger partial charge in [0.25, 0.3) is 5.91 Å². The summed E-state index contributed by atoms with van der Waals surface area (Å²) in [6.45, 7) is 1.92. The summed E-state index contributed by atoms with van der Waals surface area (Å²) in [6, 6.07) is 13.2. The molecule has 0 saturated carbocycles. The van der Waals surface area contributed by atoms with E-state index in [0.717, 1.165) is 54.1 Å². The van der Waals surface area contributed by atoms with Gasteiger partial charge < -0.3 is 15.5 Å². The molecule has 2 aromatic carbocycles. The predicted molar refractivity (Wildman–Crippen MR) is 136 cm³/mol. The van der Waals surface area contributed by atoms with Crippen LogP contribution in [0.15, 0.2) is 47.6 Å². The van der Waals surface area contributed by atoms with Crippen LogP contribution >= 0.6 is 11.8 Å². The zero-order valence-electron chi connectivity index (χ0n) is 19.2. The van der Waals surface area contributed by atoms with Crippen LogP contribution in [-0.2, 0) is 11.2 Å². The maximum absolute atomic E-state index is 12.8. The molecule has 2 aromatic rings. The third kappa shape index (κ3) is 6.18. The Morgan fingerprint density at radius 3 is 2.62 bits per heavy atom.